The monoisotopic (exact) mass is 416 g/mol. The van der Waals surface area contributed by atoms with Gasteiger partial charge in [0.1, 0.15) is 0 Å². The third-order valence-electron chi connectivity index (χ3n) is 5.03. The zero-order chi connectivity index (χ0) is 20.8. The lowest BCUT2D eigenvalue weighted by atomic mass is 10.1. The fourth-order valence-electron chi connectivity index (χ4n) is 3.41. The van der Waals surface area contributed by atoms with E-state index in [1.807, 2.05) is 17.0 Å². The Hall–Kier alpha value is -2.73. The van der Waals surface area contributed by atoms with Gasteiger partial charge in [0.2, 0.25) is 5.91 Å². The third kappa shape index (κ3) is 5.21. The van der Waals surface area contributed by atoms with Gasteiger partial charge in [-0.2, -0.15) is 0 Å². The molecule has 6 nitrogen and oxygen atoms in total. The molecular formula is C22H25ClN2O4. The standard InChI is InChI=1S/C22H25ClN2O4/c1-28-19-9-6-17(15-20(19)29-2)22(27)25-11-3-10-24(12-13-25)21(26)14-16-4-7-18(23)8-5-16/h4-9,15H,3,10-14H2,1-2H3. The number of amides is 2. The van der Waals surface area contributed by atoms with Crippen LogP contribution in [0.4, 0.5) is 0 Å². The van der Waals surface area contributed by atoms with Crippen LogP contribution in [0.2, 0.25) is 5.02 Å². The van der Waals surface area contributed by atoms with Crippen LogP contribution in [0.3, 0.4) is 0 Å². The first-order chi connectivity index (χ1) is 14.0. The number of ether oxygens (including phenoxy) is 2. The molecule has 0 atom stereocenters. The highest BCUT2D eigenvalue weighted by Crippen LogP contribution is 2.28. The van der Waals surface area contributed by atoms with Crippen LogP contribution in [0, 0.1) is 0 Å². The Labute approximate surface area is 176 Å². The van der Waals surface area contributed by atoms with Crippen LogP contribution >= 0.6 is 11.6 Å². The molecular weight excluding hydrogens is 392 g/mol. The van der Waals surface area contributed by atoms with E-state index in [2.05, 4.69) is 0 Å². The summed E-state index contributed by atoms with van der Waals surface area (Å²) in [5, 5.41) is 0.653. The van der Waals surface area contributed by atoms with Gasteiger partial charge in [-0.3, -0.25) is 9.59 Å². The smallest absolute Gasteiger partial charge is 0.254 e. The first-order valence-electron chi connectivity index (χ1n) is 9.55. The van der Waals surface area contributed by atoms with Gasteiger partial charge >= 0.3 is 0 Å². The van der Waals surface area contributed by atoms with E-state index < -0.39 is 0 Å². The number of hydrogen-bond acceptors (Lipinski definition) is 4. The molecule has 0 radical (unpaired) electrons. The summed E-state index contributed by atoms with van der Waals surface area (Å²) < 4.78 is 10.5. The molecule has 0 aliphatic carbocycles. The van der Waals surface area contributed by atoms with Crippen molar-refractivity contribution in [3.8, 4) is 11.5 Å². The molecule has 2 amide bonds. The normalized spacial score (nSPS) is 14.3. The van der Waals surface area contributed by atoms with Crippen molar-refractivity contribution in [1.82, 2.24) is 9.80 Å². The summed E-state index contributed by atoms with van der Waals surface area (Å²) in [4.78, 5) is 29.2. The molecule has 0 N–H and O–H groups in total. The summed E-state index contributed by atoms with van der Waals surface area (Å²) in [5.41, 5.74) is 1.48. The lowest BCUT2D eigenvalue weighted by Gasteiger charge is -2.22. The second-order valence-electron chi connectivity index (χ2n) is 6.90. The van der Waals surface area contributed by atoms with Crippen LogP contribution in [0.5, 0.6) is 11.5 Å². The van der Waals surface area contributed by atoms with E-state index >= 15 is 0 Å². The van der Waals surface area contributed by atoms with Gasteiger partial charge in [-0.05, 0) is 42.3 Å². The van der Waals surface area contributed by atoms with Gasteiger partial charge in [0.05, 0.1) is 20.6 Å². The second kappa shape index (κ2) is 9.65. The van der Waals surface area contributed by atoms with Crippen LogP contribution in [0.25, 0.3) is 0 Å². The molecule has 0 bridgehead atoms. The van der Waals surface area contributed by atoms with Crippen molar-refractivity contribution in [2.45, 2.75) is 12.8 Å². The molecule has 154 valence electrons. The Kier molecular flexibility index (Phi) is 6.99. The minimum Gasteiger partial charge on any atom is -0.493 e. The van der Waals surface area contributed by atoms with Crippen LogP contribution < -0.4 is 9.47 Å². The number of benzene rings is 2. The molecule has 1 heterocycles. The van der Waals surface area contributed by atoms with Gasteiger partial charge < -0.3 is 19.3 Å². The van der Waals surface area contributed by atoms with Crippen LogP contribution in [0.15, 0.2) is 42.5 Å². The van der Waals surface area contributed by atoms with Gasteiger partial charge in [0, 0.05) is 36.8 Å². The van der Waals surface area contributed by atoms with Crippen molar-refractivity contribution in [2.24, 2.45) is 0 Å². The van der Waals surface area contributed by atoms with Crippen LogP contribution in [-0.2, 0) is 11.2 Å². The molecule has 7 heteroatoms. The summed E-state index contributed by atoms with van der Waals surface area (Å²) in [7, 11) is 3.10. The van der Waals surface area contributed by atoms with E-state index in [0.717, 1.165) is 12.0 Å². The minimum atomic E-state index is -0.0713. The molecule has 1 fully saturated rings. The zero-order valence-corrected chi connectivity index (χ0v) is 17.4. The van der Waals surface area contributed by atoms with Gasteiger partial charge in [-0.1, -0.05) is 23.7 Å². The first-order valence-corrected chi connectivity index (χ1v) is 9.93. The summed E-state index contributed by atoms with van der Waals surface area (Å²) in [5.74, 6) is 1.09. The van der Waals surface area contributed by atoms with Crippen molar-refractivity contribution in [3.05, 3.63) is 58.6 Å². The predicted molar refractivity (Wildman–Crippen MR) is 112 cm³/mol. The summed E-state index contributed by atoms with van der Waals surface area (Å²) in [6.45, 7) is 2.27. The molecule has 1 aliphatic heterocycles. The molecule has 1 aliphatic rings. The first kappa shape index (κ1) is 21.0. The maximum Gasteiger partial charge on any atom is 0.254 e. The van der Waals surface area contributed by atoms with Gasteiger partial charge in [0.15, 0.2) is 11.5 Å². The van der Waals surface area contributed by atoms with Crippen molar-refractivity contribution in [2.75, 3.05) is 40.4 Å². The summed E-state index contributed by atoms with van der Waals surface area (Å²) >= 11 is 5.90. The Balaban J connectivity index is 1.62. The number of carbonyl (C=O) groups excluding carboxylic acids is 2. The van der Waals surface area contributed by atoms with Crippen LogP contribution in [0.1, 0.15) is 22.3 Å². The fraction of sp³-hybridized carbons (Fsp3) is 0.364. The van der Waals surface area contributed by atoms with Gasteiger partial charge in [0.25, 0.3) is 5.91 Å². The van der Waals surface area contributed by atoms with Gasteiger partial charge in [-0.25, -0.2) is 0 Å². The van der Waals surface area contributed by atoms with Gasteiger partial charge in [-0.15, -0.1) is 0 Å². The molecule has 2 aromatic carbocycles. The Morgan fingerprint density at radius 2 is 1.55 bits per heavy atom. The molecule has 0 unspecified atom stereocenters. The largest absolute Gasteiger partial charge is 0.493 e. The maximum absolute atomic E-state index is 12.9. The second-order valence-corrected chi connectivity index (χ2v) is 7.34. The average molecular weight is 417 g/mol. The number of hydrogen-bond donors (Lipinski definition) is 0. The van der Waals surface area contributed by atoms with Crippen molar-refractivity contribution < 1.29 is 19.1 Å². The molecule has 2 aromatic rings. The summed E-state index contributed by atoms with van der Waals surface area (Å²) in [6.07, 6.45) is 1.08. The fourth-order valence-corrected chi connectivity index (χ4v) is 3.54. The molecule has 0 aromatic heterocycles. The zero-order valence-electron chi connectivity index (χ0n) is 16.7. The van der Waals surface area contributed by atoms with E-state index in [1.54, 1.807) is 49.5 Å². The van der Waals surface area contributed by atoms with Crippen LogP contribution in [-0.4, -0.2) is 62.0 Å². The molecule has 29 heavy (non-hydrogen) atoms. The van der Waals surface area contributed by atoms with Crippen molar-refractivity contribution in [3.63, 3.8) is 0 Å². The minimum absolute atomic E-state index is 0.0627. The third-order valence-corrected chi connectivity index (χ3v) is 5.29. The lowest BCUT2D eigenvalue weighted by molar-refractivity contribution is -0.130. The Morgan fingerprint density at radius 1 is 0.897 bits per heavy atom. The predicted octanol–water partition coefficient (Wildman–Crippen LogP) is 3.27. The molecule has 3 rings (SSSR count). The molecule has 0 spiro atoms. The number of methoxy groups -OCH3 is 2. The Bertz CT molecular complexity index is 870. The number of halogens is 1. The topological polar surface area (TPSA) is 59.1 Å². The number of nitrogens with zero attached hydrogens (tertiary/aromatic N) is 2. The number of carbonyl (C=O) groups is 2. The SMILES string of the molecule is COc1ccc(C(=O)N2CCCN(C(=O)Cc3ccc(Cl)cc3)CC2)cc1OC. The highest BCUT2D eigenvalue weighted by molar-refractivity contribution is 6.30. The van der Waals surface area contributed by atoms with E-state index in [1.165, 1.54) is 0 Å². The maximum atomic E-state index is 12.9. The molecule has 0 saturated carbocycles. The highest BCUT2D eigenvalue weighted by Gasteiger charge is 2.23. The quantitative estimate of drug-likeness (QED) is 0.750. The average Bonchev–Trinajstić information content (AvgIpc) is 3.00. The highest BCUT2D eigenvalue weighted by atomic mass is 35.5. The Morgan fingerprint density at radius 3 is 2.24 bits per heavy atom. The van der Waals surface area contributed by atoms with E-state index in [0.29, 0.717) is 54.7 Å². The number of rotatable bonds is 5. The van der Waals surface area contributed by atoms with E-state index in [-0.39, 0.29) is 11.8 Å². The van der Waals surface area contributed by atoms with E-state index in [9.17, 15) is 9.59 Å². The van der Waals surface area contributed by atoms with Crippen molar-refractivity contribution in [1.29, 1.82) is 0 Å². The lowest BCUT2D eigenvalue weighted by Crippen LogP contribution is -2.38. The molecule has 1 saturated heterocycles. The van der Waals surface area contributed by atoms with Crippen molar-refractivity contribution >= 4 is 23.4 Å². The van der Waals surface area contributed by atoms with E-state index in [4.69, 9.17) is 21.1 Å². The summed E-state index contributed by atoms with van der Waals surface area (Å²) in [6, 6.07) is 12.5.